The predicted octanol–water partition coefficient (Wildman–Crippen LogP) is 1.92. The van der Waals surface area contributed by atoms with Gasteiger partial charge in [0, 0.05) is 4.47 Å². The highest BCUT2D eigenvalue weighted by atomic mass is 79.9. The molecule has 5 heteroatoms. The SMILES string of the molecule is COc1ccc(Br)cc1OC(N)=O. The highest BCUT2D eigenvalue weighted by Crippen LogP contribution is 2.29. The van der Waals surface area contributed by atoms with Crippen molar-refractivity contribution in [2.75, 3.05) is 7.11 Å². The zero-order valence-electron chi connectivity index (χ0n) is 6.91. The number of hydrogen-bond donors (Lipinski definition) is 1. The first-order chi connectivity index (χ1) is 6.13. The summed E-state index contributed by atoms with van der Waals surface area (Å²) in [5.74, 6) is 0.756. The summed E-state index contributed by atoms with van der Waals surface area (Å²) in [5.41, 5.74) is 4.87. The maximum Gasteiger partial charge on any atom is 0.410 e. The van der Waals surface area contributed by atoms with Gasteiger partial charge in [-0.25, -0.2) is 4.79 Å². The van der Waals surface area contributed by atoms with Crippen molar-refractivity contribution >= 4 is 22.0 Å². The molecule has 0 bridgehead atoms. The number of carbonyl (C=O) groups excluding carboxylic acids is 1. The average molecular weight is 246 g/mol. The average Bonchev–Trinajstić information content (AvgIpc) is 2.03. The molecule has 0 aliphatic heterocycles. The fourth-order valence-corrected chi connectivity index (χ4v) is 1.18. The van der Waals surface area contributed by atoms with E-state index in [1.54, 1.807) is 18.2 Å². The topological polar surface area (TPSA) is 61.6 Å². The molecule has 1 aromatic carbocycles. The van der Waals surface area contributed by atoms with Gasteiger partial charge in [0.15, 0.2) is 11.5 Å². The van der Waals surface area contributed by atoms with Gasteiger partial charge in [-0.15, -0.1) is 0 Å². The van der Waals surface area contributed by atoms with Crippen LogP contribution in [0.4, 0.5) is 4.79 Å². The molecule has 0 heterocycles. The number of primary amides is 1. The molecular weight excluding hydrogens is 238 g/mol. The lowest BCUT2D eigenvalue weighted by atomic mass is 10.3. The molecule has 0 fully saturated rings. The second-order valence-electron chi connectivity index (χ2n) is 2.22. The van der Waals surface area contributed by atoms with Crippen LogP contribution in [0, 0.1) is 0 Å². The Bertz CT molecular complexity index is 327. The van der Waals surface area contributed by atoms with Gasteiger partial charge in [0.25, 0.3) is 0 Å². The number of ether oxygens (including phenoxy) is 2. The molecule has 1 amide bonds. The third kappa shape index (κ3) is 2.62. The van der Waals surface area contributed by atoms with E-state index in [1.807, 2.05) is 0 Å². The molecule has 13 heavy (non-hydrogen) atoms. The Morgan fingerprint density at radius 1 is 1.46 bits per heavy atom. The van der Waals surface area contributed by atoms with Crippen molar-refractivity contribution in [2.45, 2.75) is 0 Å². The van der Waals surface area contributed by atoms with Crippen LogP contribution in [-0.4, -0.2) is 13.2 Å². The lowest BCUT2D eigenvalue weighted by Gasteiger charge is -2.06. The van der Waals surface area contributed by atoms with Crippen molar-refractivity contribution in [1.82, 2.24) is 0 Å². The predicted molar refractivity (Wildman–Crippen MR) is 50.9 cm³/mol. The molecule has 2 N–H and O–H groups in total. The van der Waals surface area contributed by atoms with Crippen molar-refractivity contribution in [2.24, 2.45) is 5.73 Å². The molecule has 0 spiro atoms. The number of carbonyl (C=O) groups is 1. The van der Waals surface area contributed by atoms with Crippen molar-refractivity contribution in [1.29, 1.82) is 0 Å². The zero-order valence-corrected chi connectivity index (χ0v) is 8.50. The van der Waals surface area contributed by atoms with Gasteiger partial charge >= 0.3 is 6.09 Å². The summed E-state index contributed by atoms with van der Waals surface area (Å²) in [7, 11) is 1.48. The molecule has 0 aliphatic rings. The van der Waals surface area contributed by atoms with Gasteiger partial charge in [-0.2, -0.15) is 0 Å². The van der Waals surface area contributed by atoms with E-state index in [-0.39, 0.29) is 0 Å². The number of rotatable bonds is 2. The van der Waals surface area contributed by atoms with E-state index < -0.39 is 6.09 Å². The van der Waals surface area contributed by atoms with Crippen LogP contribution in [0.5, 0.6) is 11.5 Å². The molecule has 70 valence electrons. The molecule has 0 atom stereocenters. The van der Waals surface area contributed by atoms with E-state index in [2.05, 4.69) is 15.9 Å². The monoisotopic (exact) mass is 245 g/mol. The second kappa shape index (κ2) is 4.13. The number of amides is 1. The van der Waals surface area contributed by atoms with Gasteiger partial charge in [-0.3, -0.25) is 0 Å². The summed E-state index contributed by atoms with van der Waals surface area (Å²) in [6.45, 7) is 0. The third-order valence-corrected chi connectivity index (χ3v) is 1.83. The van der Waals surface area contributed by atoms with E-state index in [1.165, 1.54) is 7.11 Å². The molecule has 1 rings (SSSR count). The molecular formula is C8H8BrNO3. The second-order valence-corrected chi connectivity index (χ2v) is 3.13. The Balaban J connectivity index is 3.01. The lowest BCUT2D eigenvalue weighted by Crippen LogP contribution is -2.16. The summed E-state index contributed by atoms with van der Waals surface area (Å²) in [6.07, 6.45) is -0.864. The number of hydrogen-bond acceptors (Lipinski definition) is 3. The molecule has 0 saturated heterocycles. The Labute approximate surface area is 83.8 Å². The molecule has 0 saturated carbocycles. The fourth-order valence-electron chi connectivity index (χ4n) is 0.839. The molecule has 4 nitrogen and oxygen atoms in total. The summed E-state index contributed by atoms with van der Waals surface area (Å²) in [4.78, 5) is 10.5. The first-order valence-corrected chi connectivity index (χ1v) is 4.23. The van der Waals surface area contributed by atoms with Crippen LogP contribution >= 0.6 is 15.9 Å². The number of halogens is 1. The lowest BCUT2D eigenvalue weighted by molar-refractivity contribution is 0.208. The summed E-state index contributed by atoms with van der Waals surface area (Å²) in [5, 5.41) is 0. The van der Waals surface area contributed by atoms with E-state index in [0.717, 1.165) is 4.47 Å². The molecule has 0 unspecified atom stereocenters. The Hall–Kier alpha value is -1.23. The third-order valence-electron chi connectivity index (χ3n) is 1.34. The minimum Gasteiger partial charge on any atom is -0.493 e. The number of nitrogens with two attached hydrogens (primary N) is 1. The first-order valence-electron chi connectivity index (χ1n) is 3.44. The maximum absolute atomic E-state index is 10.5. The van der Waals surface area contributed by atoms with Crippen LogP contribution in [0.3, 0.4) is 0 Å². The van der Waals surface area contributed by atoms with Gasteiger partial charge in [0.2, 0.25) is 0 Å². The van der Waals surface area contributed by atoms with Gasteiger partial charge in [0.05, 0.1) is 7.11 Å². The van der Waals surface area contributed by atoms with Crippen LogP contribution in [0.15, 0.2) is 22.7 Å². The van der Waals surface area contributed by atoms with Crippen molar-refractivity contribution in [3.05, 3.63) is 22.7 Å². The Morgan fingerprint density at radius 3 is 2.69 bits per heavy atom. The van der Waals surface area contributed by atoms with E-state index in [9.17, 15) is 4.79 Å². The smallest absolute Gasteiger partial charge is 0.410 e. The van der Waals surface area contributed by atoms with Crippen LogP contribution < -0.4 is 15.2 Å². The van der Waals surface area contributed by atoms with E-state index in [0.29, 0.717) is 11.5 Å². The van der Waals surface area contributed by atoms with Gasteiger partial charge in [-0.1, -0.05) is 15.9 Å². The quantitative estimate of drug-likeness (QED) is 0.866. The minimum atomic E-state index is -0.864. The van der Waals surface area contributed by atoms with Crippen LogP contribution in [0.25, 0.3) is 0 Å². The highest BCUT2D eigenvalue weighted by Gasteiger charge is 2.06. The molecule has 1 aromatic rings. The number of methoxy groups -OCH3 is 1. The largest absolute Gasteiger partial charge is 0.493 e. The Morgan fingerprint density at radius 2 is 2.15 bits per heavy atom. The first kappa shape index (κ1) is 9.85. The Kier molecular flexibility index (Phi) is 3.13. The van der Waals surface area contributed by atoms with Crippen molar-refractivity contribution in [3.63, 3.8) is 0 Å². The molecule has 0 aromatic heterocycles. The highest BCUT2D eigenvalue weighted by molar-refractivity contribution is 9.10. The fraction of sp³-hybridized carbons (Fsp3) is 0.125. The number of benzene rings is 1. The van der Waals surface area contributed by atoms with Crippen LogP contribution in [0.2, 0.25) is 0 Å². The van der Waals surface area contributed by atoms with Crippen molar-refractivity contribution < 1.29 is 14.3 Å². The zero-order chi connectivity index (χ0) is 9.84. The van der Waals surface area contributed by atoms with E-state index in [4.69, 9.17) is 15.2 Å². The minimum absolute atomic E-state index is 0.296. The molecule has 0 aliphatic carbocycles. The summed E-state index contributed by atoms with van der Waals surface area (Å²) < 4.78 is 10.4. The van der Waals surface area contributed by atoms with Gasteiger partial charge in [-0.05, 0) is 18.2 Å². The van der Waals surface area contributed by atoms with Crippen LogP contribution in [0.1, 0.15) is 0 Å². The van der Waals surface area contributed by atoms with Gasteiger partial charge in [0.1, 0.15) is 0 Å². The normalized spacial score (nSPS) is 9.38. The van der Waals surface area contributed by atoms with Crippen LogP contribution in [-0.2, 0) is 0 Å². The summed E-state index contributed by atoms with van der Waals surface area (Å²) in [6, 6.07) is 5.04. The molecule has 0 radical (unpaired) electrons. The standard InChI is InChI=1S/C8H8BrNO3/c1-12-6-3-2-5(9)4-7(6)13-8(10)11/h2-4H,1H3,(H2,10,11). The maximum atomic E-state index is 10.5. The summed E-state index contributed by atoms with van der Waals surface area (Å²) >= 11 is 3.23. The van der Waals surface area contributed by atoms with E-state index >= 15 is 0 Å². The van der Waals surface area contributed by atoms with Crippen molar-refractivity contribution in [3.8, 4) is 11.5 Å². The van der Waals surface area contributed by atoms with Gasteiger partial charge < -0.3 is 15.2 Å².